The third-order valence-electron chi connectivity index (χ3n) is 4.89. The van der Waals surface area contributed by atoms with Crippen LogP contribution in [0, 0.1) is 13.8 Å². The molecule has 1 aliphatic rings. The van der Waals surface area contributed by atoms with E-state index in [2.05, 4.69) is 15.7 Å². The maximum Gasteiger partial charge on any atom is 0.296 e. The largest absolute Gasteiger partial charge is 0.479 e. The van der Waals surface area contributed by atoms with Crippen molar-refractivity contribution >= 4 is 29.0 Å². The molecule has 2 amide bonds. The third kappa shape index (κ3) is 3.43. The standard InChI is InChI=1S/C22H20N4O4/c1-12-19(13(2)26(25-12)16-7-5-4-6-8-16)20(27)22(29)23-15-9-10-18-17(11-15)24-21(28)14(3)30-18/h4-11,14H,1-3H3,(H,23,29)(H,24,28). The minimum atomic E-state index is -0.787. The molecule has 3 aromatic rings. The first-order valence-electron chi connectivity index (χ1n) is 9.44. The first-order chi connectivity index (χ1) is 14.3. The Kier molecular flexibility index (Phi) is 4.83. The summed E-state index contributed by atoms with van der Waals surface area (Å²) in [7, 11) is 0. The summed E-state index contributed by atoms with van der Waals surface area (Å²) in [6, 6.07) is 14.2. The first kappa shape index (κ1) is 19.4. The van der Waals surface area contributed by atoms with E-state index in [9.17, 15) is 14.4 Å². The molecule has 1 aromatic heterocycles. The van der Waals surface area contributed by atoms with Gasteiger partial charge < -0.3 is 15.4 Å². The summed E-state index contributed by atoms with van der Waals surface area (Å²) in [5.74, 6) is -1.24. The van der Waals surface area contributed by atoms with Gasteiger partial charge in [-0.1, -0.05) is 18.2 Å². The van der Waals surface area contributed by atoms with E-state index < -0.39 is 17.8 Å². The molecular formula is C22H20N4O4. The summed E-state index contributed by atoms with van der Waals surface area (Å²) < 4.78 is 7.14. The van der Waals surface area contributed by atoms with Crippen LogP contribution < -0.4 is 15.4 Å². The molecule has 8 nitrogen and oxygen atoms in total. The molecule has 0 fully saturated rings. The summed E-state index contributed by atoms with van der Waals surface area (Å²) in [6.07, 6.45) is -0.591. The van der Waals surface area contributed by atoms with Crippen molar-refractivity contribution in [2.45, 2.75) is 26.9 Å². The van der Waals surface area contributed by atoms with E-state index in [0.717, 1.165) is 5.69 Å². The number of nitrogens with zero attached hydrogens (tertiary/aromatic N) is 2. The van der Waals surface area contributed by atoms with E-state index in [0.29, 0.717) is 28.5 Å². The fraction of sp³-hybridized carbons (Fsp3) is 0.182. The molecule has 4 rings (SSSR count). The lowest BCUT2D eigenvalue weighted by Gasteiger charge is -2.23. The maximum absolute atomic E-state index is 12.9. The van der Waals surface area contributed by atoms with Crippen LogP contribution in [0.5, 0.6) is 5.75 Å². The molecule has 1 aliphatic heterocycles. The Labute approximate surface area is 172 Å². The number of para-hydroxylation sites is 1. The molecular weight excluding hydrogens is 384 g/mol. The van der Waals surface area contributed by atoms with Crippen molar-refractivity contribution in [3.63, 3.8) is 0 Å². The smallest absolute Gasteiger partial charge is 0.296 e. The van der Waals surface area contributed by atoms with E-state index in [1.807, 2.05) is 30.3 Å². The Hall–Kier alpha value is -3.94. The number of amides is 2. The highest BCUT2D eigenvalue weighted by atomic mass is 16.5. The molecule has 1 unspecified atom stereocenters. The molecule has 2 heterocycles. The molecule has 152 valence electrons. The normalized spacial score (nSPS) is 15.0. The number of aromatic nitrogens is 2. The number of anilines is 2. The Morgan fingerprint density at radius 2 is 1.87 bits per heavy atom. The fourth-order valence-electron chi connectivity index (χ4n) is 3.38. The van der Waals surface area contributed by atoms with Crippen molar-refractivity contribution in [3.05, 3.63) is 65.5 Å². The van der Waals surface area contributed by atoms with Gasteiger partial charge in [0.25, 0.3) is 17.6 Å². The third-order valence-corrected chi connectivity index (χ3v) is 4.89. The van der Waals surface area contributed by atoms with Crippen LogP contribution in [0.25, 0.3) is 5.69 Å². The monoisotopic (exact) mass is 404 g/mol. The van der Waals surface area contributed by atoms with Crippen molar-refractivity contribution in [3.8, 4) is 11.4 Å². The lowest BCUT2D eigenvalue weighted by Crippen LogP contribution is -2.34. The average Bonchev–Trinajstić information content (AvgIpc) is 3.03. The fourth-order valence-corrected chi connectivity index (χ4v) is 3.38. The Bertz CT molecular complexity index is 1170. The zero-order valence-electron chi connectivity index (χ0n) is 16.7. The number of rotatable bonds is 4. The van der Waals surface area contributed by atoms with Crippen LogP contribution in [-0.2, 0) is 9.59 Å². The summed E-state index contributed by atoms with van der Waals surface area (Å²) in [5, 5.41) is 9.71. The lowest BCUT2D eigenvalue weighted by atomic mass is 10.1. The Morgan fingerprint density at radius 1 is 1.13 bits per heavy atom. The molecule has 1 atom stereocenters. The van der Waals surface area contributed by atoms with E-state index in [1.165, 1.54) is 0 Å². The van der Waals surface area contributed by atoms with E-state index in [-0.39, 0.29) is 11.5 Å². The van der Waals surface area contributed by atoms with Gasteiger partial charge in [-0.2, -0.15) is 5.10 Å². The molecule has 0 radical (unpaired) electrons. The highest BCUT2D eigenvalue weighted by Crippen LogP contribution is 2.32. The van der Waals surface area contributed by atoms with Gasteiger partial charge in [-0.05, 0) is 51.1 Å². The maximum atomic E-state index is 12.9. The second-order valence-corrected chi connectivity index (χ2v) is 7.04. The average molecular weight is 404 g/mol. The summed E-state index contributed by atoms with van der Waals surface area (Å²) >= 11 is 0. The van der Waals surface area contributed by atoms with Crippen molar-refractivity contribution in [1.29, 1.82) is 0 Å². The van der Waals surface area contributed by atoms with Crippen molar-refractivity contribution in [1.82, 2.24) is 9.78 Å². The Morgan fingerprint density at radius 3 is 2.60 bits per heavy atom. The van der Waals surface area contributed by atoms with Gasteiger partial charge in [0.1, 0.15) is 5.75 Å². The number of aryl methyl sites for hydroxylation is 1. The Balaban J connectivity index is 1.57. The molecule has 2 aromatic carbocycles. The molecule has 2 N–H and O–H groups in total. The van der Waals surface area contributed by atoms with Gasteiger partial charge in [-0.25, -0.2) is 4.68 Å². The molecule has 30 heavy (non-hydrogen) atoms. The molecule has 0 saturated carbocycles. The number of ether oxygens (including phenoxy) is 1. The molecule has 0 spiro atoms. The van der Waals surface area contributed by atoms with Gasteiger partial charge >= 0.3 is 0 Å². The first-order valence-corrected chi connectivity index (χ1v) is 9.44. The van der Waals surface area contributed by atoms with Gasteiger partial charge in [0.2, 0.25) is 0 Å². The van der Waals surface area contributed by atoms with Crippen LogP contribution >= 0.6 is 0 Å². The van der Waals surface area contributed by atoms with Crippen LogP contribution in [0.4, 0.5) is 11.4 Å². The minimum absolute atomic E-state index is 0.264. The minimum Gasteiger partial charge on any atom is -0.479 e. The van der Waals surface area contributed by atoms with Crippen molar-refractivity contribution in [2.75, 3.05) is 10.6 Å². The van der Waals surface area contributed by atoms with Crippen molar-refractivity contribution < 1.29 is 19.1 Å². The summed E-state index contributed by atoms with van der Waals surface area (Å²) in [5.41, 5.74) is 2.93. The number of fused-ring (bicyclic) bond motifs is 1. The lowest BCUT2D eigenvalue weighted by molar-refractivity contribution is -0.122. The van der Waals surface area contributed by atoms with Crippen LogP contribution in [0.1, 0.15) is 28.7 Å². The molecule has 0 aliphatic carbocycles. The van der Waals surface area contributed by atoms with Crippen LogP contribution in [-0.4, -0.2) is 33.5 Å². The van der Waals surface area contributed by atoms with Crippen molar-refractivity contribution in [2.24, 2.45) is 0 Å². The van der Waals surface area contributed by atoms with E-state index in [4.69, 9.17) is 4.74 Å². The highest BCUT2D eigenvalue weighted by Gasteiger charge is 2.27. The van der Waals surface area contributed by atoms with Gasteiger partial charge in [0.15, 0.2) is 6.10 Å². The van der Waals surface area contributed by atoms with Gasteiger partial charge in [-0.3, -0.25) is 14.4 Å². The second kappa shape index (κ2) is 7.47. The van der Waals surface area contributed by atoms with Crippen LogP contribution in [0.2, 0.25) is 0 Å². The SMILES string of the molecule is Cc1nn(-c2ccccc2)c(C)c1C(=O)C(=O)Nc1ccc2c(c1)NC(=O)C(C)O2. The predicted octanol–water partition coefficient (Wildman–Crippen LogP) is 3.03. The molecule has 0 saturated heterocycles. The topological polar surface area (TPSA) is 102 Å². The van der Waals surface area contributed by atoms with Gasteiger partial charge in [0, 0.05) is 5.69 Å². The number of ketones is 1. The zero-order valence-corrected chi connectivity index (χ0v) is 16.7. The van der Waals surface area contributed by atoms with E-state index >= 15 is 0 Å². The number of benzene rings is 2. The summed E-state index contributed by atoms with van der Waals surface area (Å²) in [4.78, 5) is 37.3. The highest BCUT2D eigenvalue weighted by molar-refractivity contribution is 6.47. The summed E-state index contributed by atoms with van der Waals surface area (Å²) in [6.45, 7) is 5.09. The number of Topliss-reactive ketones (excluding diaryl/α,β-unsaturated/α-hetero) is 1. The van der Waals surface area contributed by atoms with E-state index in [1.54, 1.807) is 43.7 Å². The zero-order chi connectivity index (χ0) is 21.4. The number of hydrogen-bond acceptors (Lipinski definition) is 5. The number of nitrogens with one attached hydrogen (secondary N) is 2. The second-order valence-electron chi connectivity index (χ2n) is 7.04. The number of carbonyl (C=O) groups excluding carboxylic acids is 3. The molecule has 0 bridgehead atoms. The quantitative estimate of drug-likeness (QED) is 0.514. The predicted molar refractivity (Wildman–Crippen MR) is 111 cm³/mol. The van der Waals surface area contributed by atoms with Crippen LogP contribution in [0.15, 0.2) is 48.5 Å². The van der Waals surface area contributed by atoms with Gasteiger partial charge in [-0.15, -0.1) is 0 Å². The number of hydrogen-bond donors (Lipinski definition) is 2. The van der Waals surface area contributed by atoms with Crippen LogP contribution in [0.3, 0.4) is 0 Å². The van der Waals surface area contributed by atoms with Gasteiger partial charge in [0.05, 0.1) is 28.3 Å². The molecule has 8 heteroatoms. The number of carbonyl (C=O) groups is 3.